The van der Waals surface area contributed by atoms with Crippen molar-refractivity contribution in [3.63, 3.8) is 0 Å². The fraction of sp³-hybridized carbons (Fsp3) is 0.769. The van der Waals surface area contributed by atoms with E-state index in [-0.39, 0.29) is 0 Å². The SMILES string of the molecule is CCC(NCC1(C)CCC1)c1cnn(C)c1. The maximum atomic E-state index is 4.24. The number of hydrogen-bond donors (Lipinski definition) is 1. The highest BCUT2D eigenvalue weighted by molar-refractivity contribution is 5.10. The van der Waals surface area contributed by atoms with Crippen molar-refractivity contribution in [2.75, 3.05) is 6.54 Å². The van der Waals surface area contributed by atoms with Crippen LogP contribution in [-0.2, 0) is 7.05 Å². The fourth-order valence-corrected chi connectivity index (χ4v) is 2.44. The number of aromatic nitrogens is 2. The van der Waals surface area contributed by atoms with Gasteiger partial charge in [-0.15, -0.1) is 0 Å². The molecule has 0 aromatic carbocycles. The minimum Gasteiger partial charge on any atom is -0.309 e. The number of aryl methyl sites for hydroxylation is 1. The van der Waals surface area contributed by atoms with Gasteiger partial charge in [0.25, 0.3) is 0 Å². The first-order chi connectivity index (χ1) is 7.63. The van der Waals surface area contributed by atoms with Crippen molar-refractivity contribution >= 4 is 0 Å². The van der Waals surface area contributed by atoms with Crippen molar-refractivity contribution < 1.29 is 0 Å². The summed E-state index contributed by atoms with van der Waals surface area (Å²) < 4.78 is 1.88. The third-order valence-corrected chi connectivity index (χ3v) is 3.87. The molecule has 1 saturated carbocycles. The molecule has 1 unspecified atom stereocenters. The van der Waals surface area contributed by atoms with Crippen LogP contribution in [0, 0.1) is 5.41 Å². The molecular formula is C13H23N3. The second-order valence-electron chi connectivity index (χ2n) is 5.45. The molecule has 3 heteroatoms. The van der Waals surface area contributed by atoms with Crippen molar-refractivity contribution in [1.82, 2.24) is 15.1 Å². The number of rotatable bonds is 5. The van der Waals surface area contributed by atoms with Gasteiger partial charge >= 0.3 is 0 Å². The normalized spacial score (nSPS) is 20.4. The Morgan fingerprint density at radius 1 is 1.56 bits per heavy atom. The predicted molar refractivity (Wildman–Crippen MR) is 66.2 cm³/mol. The molecule has 1 heterocycles. The average molecular weight is 221 g/mol. The summed E-state index contributed by atoms with van der Waals surface area (Å²) in [6, 6.07) is 0.464. The third kappa shape index (κ3) is 2.46. The van der Waals surface area contributed by atoms with E-state index in [0.717, 1.165) is 13.0 Å². The van der Waals surface area contributed by atoms with Crippen LogP contribution in [0.2, 0.25) is 0 Å². The van der Waals surface area contributed by atoms with E-state index in [1.165, 1.54) is 24.8 Å². The molecule has 1 fully saturated rings. The molecule has 2 rings (SSSR count). The Kier molecular flexibility index (Phi) is 3.33. The van der Waals surface area contributed by atoms with E-state index in [4.69, 9.17) is 0 Å². The largest absolute Gasteiger partial charge is 0.309 e. The Bertz CT molecular complexity index is 339. The maximum Gasteiger partial charge on any atom is 0.0537 e. The molecule has 1 aromatic rings. The molecule has 0 aliphatic heterocycles. The Hall–Kier alpha value is -0.830. The second-order valence-corrected chi connectivity index (χ2v) is 5.45. The summed E-state index contributed by atoms with van der Waals surface area (Å²) in [6.07, 6.45) is 9.38. The summed E-state index contributed by atoms with van der Waals surface area (Å²) in [6.45, 7) is 5.76. The van der Waals surface area contributed by atoms with Crippen LogP contribution in [0.3, 0.4) is 0 Å². The predicted octanol–water partition coefficient (Wildman–Crippen LogP) is 2.65. The van der Waals surface area contributed by atoms with Gasteiger partial charge < -0.3 is 5.32 Å². The van der Waals surface area contributed by atoms with Crippen LogP contribution < -0.4 is 5.32 Å². The van der Waals surface area contributed by atoms with Crippen LogP contribution in [-0.4, -0.2) is 16.3 Å². The van der Waals surface area contributed by atoms with Gasteiger partial charge in [0, 0.05) is 31.4 Å². The first kappa shape index (κ1) is 11.6. The molecule has 1 atom stereocenters. The first-order valence-electron chi connectivity index (χ1n) is 6.35. The van der Waals surface area contributed by atoms with Crippen molar-refractivity contribution in [2.24, 2.45) is 12.5 Å². The fourth-order valence-electron chi connectivity index (χ4n) is 2.44. The first-order valence-corrected chi connectivity index (χ1v) is 6.35. The van der Waals surface area contributed by atoms with Gasteiger partial charge in [-0.05, 0) is 24.7 Å². The van der Waals surface area contributed by atoms with E-state index in [0.29, 0.717) is 11.5 Å². The van der Waals surface area contributed by atoms with Crippen LogP contribution in [0.5, 0.6) is 0 Å². The summed E-state index contributed by atoms with van der Waals surface area (Å²) in [7, 11) is 1.98. The van der Waals surface area contributed by atoms with Crippen molar-refractivity contribution in [3.8, 4) is 0 Å². The Morgan fingerprint density at radius 3 is 2.75 bits per heavy atom. The topological polar surface area (TPSA) is 29.9 Å². The molecule has 1 aliphatic rings. The van der Waals surface area contributed by atoms with Gasteiger partial charge in [0.2, 0.25) is 0 Å². The molecular weight excluding hydrogens is 198 g/mol. The molecule has 3 nitrogen and oxygen atoms in total. The van der Waals surface area contributed by atoms with E-state index in [1.807, 2.05) is 17.9 Å². The van der Waals surface area contributed by atoms with Gasteiger partial charge in [0.15, 0.2) is 0 Å². The van der Waals surface area contributed by atoms with Crippen LogP contribution >= 0.6 is 0 Å². The Morgan fingerprint density at radius 2 is 2.31 bits per heavy atom. The summed E-state index contributed by atoms with van der Waals surface area (Å²) in [5.41, 5.74) is 1.86. The Labute approximate surface area is 98.2 Å². The quantitative estimate of drug-likeness (QED) is 0.828. The van der Waals surface area contributed by atoms with E-state index < -0.39 is 0 Å². The van der Waals surface area contributed by atoms with E-state index in [1.54, 1.807) is 0 Å². The molecule has 0 spiro atoms. The third-order valence-electron chi connectivity index (χ3n) is 3.87. The van der Waals surface area contributed by atoms with Crippen molar-refractivity contribution in [2.45, 2.75) is 45.6 Å². The zero-order chi connectivity index (χ0) is 11.6. The molecule has 1 aliphatic carbocycles. The molecule has 16 heavy (non-hydrogen) atoms. The van der Waals surface area contributed by atoms with Gasteiger partial charge in [0.05, 0.1) is 6.20 Å². The van der Waals surface area contributed by atoms with Gasteiger partial charge in [0.1, 0.15) is 0 Å². The lowest BCUT2D eigenvalue weighted by Gasteiger charge is -2.39. The van der Waals surface area contributed by atoms with Gasteiger partial charge in [-0.2, -0.15) is 5.10 Å². The van der Waals surface area contributed by atoms with Crippen LogP contribution in [0.4, 0.5) is 0 Å². The minimum atomic E-state index is 0.464. The summed E-state index contributed by atoms with van der Waals surface area (Å²) >= 11 is 0. The molecule has 0 amide bonds. The average Bonchev–Trinajstić information content (AvgIpc) is 2.63. The summed E-state index contributed by atoms with van der Waals surface area (Å²) in [5, 5.41) is 7.93. The monoisotopic (exact) mass is 221 g/mol. The highest BCUT2D eigenvalue weighted by atomic mass is 15.2. The van der Waals surface area contributed by atoms with Gasteiger partial charge in [-0.25, -0.2) is 0 Å². The van der Waals surface area contributed by atoms with E-state index in [9.17, 15) is 0 Å². The molecule has 0 bridgehead atoms. The van der Waals surface area contributed by atoms with Crippen LogP contribution in [0.1, 0.15) is 51.1 Å². The van der Waals surface area contributed by atoms with Gasteiger partial charge in [-0.1, -0.05) is 20.3 Å². The molecule has 0 radical (unpaired) electrons. The molecule has 0 saturated heterocycles. The highest BCUT2D eigenvalue weighted by Gasteiger charge is 2.31. The van der Waals surface area contributed by atoms with E-state index in [2.05, 4.69) is 30.5 Å². The van der Waals surface area contributed by atoms with E-state index >= 15 is 0 Å². The zero-order valence-corrected chi connectivity index (χ0v) is 10.7. The minimum absolute atomic E-state index is 0.464. The smallest absolute Gasteiger partial charge is 0.0537 e. The number of hydrogen-bond acceptors (Lipinski definition) is 2. The zero-order valence-electron chi connectivity index (χ0n) is 10.7. The lowest BCUT2D eigenvalue weighted by molar-refractivity contribution is 0.150. The second kappa shape index (κ2) is 4.58. The van der Waals surface area contributed by atoms with Gasteiger partial charge in [-0.3, -0.25) is 4.68 Å². The molecule has 1 N–H and O–H groups in total. The Balaban J connectivity index is 1.90. The highest BCUT2D eigenvalue weighted by Crippen LogP contribution is 2.39. The molecule has 90 valence electrons. The number of nitrogens with zero attached hydrogens (tertiary/aromatic N) is 2. The number of nitrogens with one attached hydrogen (secondary N) is 1. The standard InChI is InChI=1S/C13H23N3/c1-4-12(11-8-15-16(3)9-11)14-10-13(2)6-5-7-13/h8-9,12,14H,4-7,10H2,1-3H3. The van der Waals surface area contributed by atoms with Crippen molar-refractivity contribution in [1.29, 1.82) is 0 Å². The maximum absolute atomic E-state index is 4.24. The molecule has 1 aromatic heterocycles. The summed E-state index contributed by atoms with van der Waals surface area (Å²) in [4.78, 5) is 0. The lowest BCUT2D eigenvalue weighted by atomic mass is 9.70. The van der Waals surface area contributed by atoms with Crippen LogP contribution in [0.25, 0.3) is 0 Å². The summed E-state index contributed by atoms with van der Waals surface area (Å²) in [5.74, 6) is 0. The van der Waals surface area contributed by atoms with Crippen LogP contribution in [0.15, 0.2) is 12.4 Å². The lowest BCUT2D eigenvalue weighted by Crippen LogP contribution is -2.38. The van der Waals surface area contributed by atoms with Crippen molar-refractivity contribution in [3.05, 3.63) is 18.0 Å².